The predicted molar refractivity (Wildman–Crippen MR) is 85.0 cm³/mol. The third-order valence-electron chi connectivity index (χ3n) is 4.48. The average molecular weight is 371 g/mol. The number of nitriles is 1. The summed E-state index contributed by atoms with van der Waals surface area (Å²) < 4.78 is 37.4. The number of nitrogens with one attached hydrogen (secondary N) is 1. The van der Waals surface area contributed by atoms with Crippen molar-refractivity contribution in [2.75, 3.05) is 18.4 Å². The van der Waals surface area contributed by atoms with E-state index in [1.54, 1.807) is 0 Å². The molecule has 0 radical (unpaired) electrons. The van der Waals surface area contributed by atoms with Crippen LogP contribution in [0.4, 0.5) is 18.2 Å². The van der Waals surface area contributed by atoms with E-state index in [2.05, 4.69) is 11.4 Å². The molecule has 0 aromatic carbocycles. The Labute approximate surface area is 146 Å². The van der Waals surface area contributed by atoms with E-state index >= 15 is 0 Å². The highest BCUT2D eigenvalue weighted by Gasteiger charge is 2.40. The molecular weight excluding hydrogens is 355 g/mol. The van der Waals surface area contributed by atoms with Crippen LogP contribution in [-0.4, -0.2) is 36.0 Å². The third kappa shape index (κ3) is 3.79. The fourth-order valence-corrected chi connectivity index (χ4v) is 4.55. The van der Waals surface area contributed by atoms with Crippen LogP contribution < -0.4 is 5.32 Å². The van der Waals surface area contributed by atoms with Crippen molar-refractivity contribution in [3.63, 3.8) is 0 Å². The first kappa shape index (κ1) is 17.7. The number of carbonyl (C=O) groups is 2. The molecule has 1 aromatic heterocycles. The number of halogens is 3. The van der Waals surface area contributed by atoms with Gasteiger partial charge >= 0.3 is 6.18 Å². The molecule has 2 aliphatic rings. The number of hydrogen-bond acceptors (Lipinski definition) is 4. The number of fused-ring (bicyclic) bond motifs is 1. The van der Waals surface area contributed by atoms with Crippen LogP contribution in [0.1, 0.15) is 35.3 Å². The topological polar surface area (TPSA) is 73.2 Å². The molecule has 1 fully saturated rings. The number of anilines is 1. The van der Waals surface area contributed by atoms with Crippen molar-refractivity contribution in [3.05, 3.63) is 16.0 Å². The number of carbonyl (C=O) groups excluding carboxylic acids is 2. The summed E-state index contributed by atoms with van der Waals surface area (Å²) in [4.78, 5) is 25.8. The Morgan fingerprint density at radius 3 is 2.76 bits per heavy atom. The Morgan fingerprint density at radius 1 is 1.36 bits per heavy atom. The number of amides is 2. The van der Waals surface area contributed by atoms with Crippen LogP contribution in [0.15, 0.2) is 0 Å². The van der Waals surface area contributed by atoms with Crippen molar-refractivity contribution in [3.8, 4) is 6.07 Å². The molecule has 0 saturated carbocycles. The quantitative estimate of drug-likeness (QED) is 0.888. The Bertz CT molecular complexity index is 751. The summed E-state index contributed by atoms with van der Waals surface area (Å²) in [5.41, 5.74) is 1.42. The highest BCUT2D eigenvalue weighted by atomic mass is 32.1. The summed E-state index contributed by atoms with van der Waals surface area (Å²) >= 11 is 1.35. The van der Waals surface area contributed by atoms with E-state index in [9.17, 15) is 28.0 Å². The molecule has 1 aliphatic carbocycles. The van der Waals surface area contributed by atoms with Gasteiger partial charge < -0.3 is 10.2 Å². The predicted octanol–water partition coefficient (Wildman–Crippen LogP) is 2.85. The normalized spacial score (nSPS) is 20.3. The summed E-state index contributed by atoms with van der Waals surface area (Å²) in [5.74, 6) is -2.02. The van der Waals surface area contributed by atoms with Gasteiger partial charge in [0.15, 0.2) is 0 Å². The van der Waals surface area contributed by atoms with Gasteiger partial charge in [-0.15, -0.1) is 11.3 Å². The molecule has 9 heteroatoms. The van der Waals surface area contributed by atoms with Gasteiger partial charge in [-0.25, -0.2) is 0 Å². The van der Waals surface area contributed by atoms with E-state index in [0.717, 1.165) is 36.1 Å². The molecule has 1 saturated heterocycles. The number of nitrogens with zero attached hydrogens (tertiary/aromatic N) is 2. The molecule has 1 unspecified atom stereocenters. The molecule has 1 N–H and O–H groups in total. The molecule has 25 heavy (non-hydrogen) atoms. The molecule has 2 heterocycles. The van der Waals surface area contributed by atoms with Crippen LogP contribution in [0.25, 0.3) is 0 Å². The lowest BCUT2D eigenvalue weighted by molar-refractivity contribution is -0.157. The van der Waals surface area contributed by atoms with Crippen LogP contribution in [-0.2, 0) is 22.4 Å². The molecular formula is C16H16F3N3O2S. The SMILES string of the molecule is N#Cc1c(NC(=O)C2CC(=O)N(CC(F)(F)F)C2)sc2c1CCCC2. The van der Waals surface area contributed by atoms with Crippen molar-refractivity contribution in [2.24, 2.45) is 5.92 Å². The minimum absolute atomic E-state index is 0.241. The second-order valence-electron chi connectivity index (χ2n) is 6.31. The zero-order valence-corrected chi connectivity index (χ0v) is 14.1. The number of likely N-dealkylation sites (tertiary alicyclic amines) is 1. The standard InChI is InChI=1S/C16H16F3N3O2S/c17-16(18,19)8-22-7-9(5-13(22)23)14(24)21-15-11(6-20)10-3-1-2-4-12(10)25-15/h9H,1-5,7-8H2,(H,21,24). The Balaban J connectivity index is 1.70. The smallest absolute Gasteiger partial charge is 0.333 e. The van der Waals surface area contributed by atoms with Gasteiger partial charge in [0, 0.05) is 17.8 Å². The first-order valence-corrected chi connectivity index (χ1v) is 8.80. The van der Waals surface area contributed by atoms with E-state index < -0.39 is 30.5 Å². The molecule has 1 atom stereocenters. The molecule has 0 bridgehead atoms. The fraction of sp³-hybridized carbons (Fsp3) is 0.562. The number of aryl methyl sites for hydroxylation is 1. The van der Waals surface area contributed by atoms with Crippen molar-refractivity contribution in [1.82, 2.24) is 4.90 Å². The maximum Gasteiger partial charge on any atom is 0.406 e. The minimum atomic E-state index is -4.48. The van der Waals surface area contributed by atoms with Crippen LogP contribution in [0.3, 0.4) is 0 Å². The van der Waals surface area contributed by atoms with E-state index in [1.807, 2.05) is 0 Å². The zero-order chi connectivity index (χ0) is 18.2. The lowest BCUT2D eigenvalue weighted by Crippen LogP contribution is -2.36. The van der Waals surface area contributed by atoms with Gasteiger partial charge in [-0.2, -0.15) is 18.4 Å². The lowest BCUT2D eigenvalue weighted by atomic mass is 9.96. The number of rotatable bonds is 3. The molecule has 3 rings (SSSR count). The largest absolute Gasteiger partial charge is 0.406 e. The first-order valence-electron chi connectivity index (χ1n) is 7.98. The van der Waals surface area contributed by atoms with Gasteiger partial charge in [-0.1, -0.05) is 0 Å². The molecule has 2 amide bonds. The van der Waals surface area contributed by atoms with Crippen molar-refractivity contribution < 1.29 is 22.8 Å². The second-order valence-corrected chi connectivity index (χ2v) is 7.41. The molecule has 1 aromatic rings. The van der Waals surface area contributed by atoms with E-state index in [1.165, 1.54) is 11.3 Å². The number of thiophene rings is 1. The maximum absolute atomic E-state index is 12.5. The van der Waals surface area contributed by atoms with Crippen molar-refractivity contribution in [2.45, 2.75) is 38.3 Å². The van der Waals surface area contributed by atoms with Gasteiger partial charge in [-0.05, 0) is 31.2 Å². The summed E-state index contributed by atoms with van der Waals surface area (Å²) in [5, 5.41) is 12.5. The van der Waals surface area contributed by atoms with E-state index in [-0.39, 0.29) is 13.0 Å². The van der Waals surface area contributed by atoms with Crippen molar-refractivity contribution >= 4 is 28.2 Å². The van der Waals surface area contributed by atoms with E-state index in [0.29, 0.717) is 15.5 Å². The Kier molecular flexibility index (Phi) is 4.73. The summed E-state index contributed by atoms with van der Waals surface area (Å²) in [7, 11) is 0. The summed E-state index contributed by atoms with van der Waals surface area (Å²) in [6, 6.07) is 2.12. The lowest BCUT2D eigenvalue weighted by Gasteiger charge is -2.18. The molecule has 0 spiro atoms. The maximum atomic E-state index is 12.5. The van der Waals surface area contributed by atoms with Gasteiger partial charge in [0.1, 0.15) is 17.6 Å². The fourth-order valence-electron chi connectivity index (χ4n) is 3.30. The van der Waals surface area contributed by atoms with E-state index in [4.69, 9.17) is 0 Å². The number of alkyl halides is 3. The Hall–Kier alpha value is -2.08. The molecule has 134 valence electrons. The van der Waals surface area contributed by atoms with Crippen LogP contribution in [0.5, 0.6) is 0 Å². The van der Waals surface area contributed by atoms with Crippen LogP contribution in [0.2, 0.25) is 0 Å². The van der Waals surface area contributed by atoms with Gasteiger partial charge in [0.2, 0.25) is 11.8 Å². The second kappa shape index (κ2) is 6.67. The highest BCUT2D eigenvalue weighted by Crippen LogP contribution is 2.38. The summed E-state index contributed by atoms with van der Waals surface area (Å²) in [6.45, 7) is -1.59. The van der Waals surface area contributed by atoms with Crippen LogP contribution in [0, 0.1) is 17.2 Å². The Morgan fingerprint density at radius 2 is 2.08 bits per heavy atom. The van der Waals surface area contributed by atoms with Gasteiger partial charge in [0.25, 0.3) is 0 Å². The van der Waals surface area contributed by atoms with Gasteiger partial charge in [-0.3, -0.25) is 9.59 Å². The summed E-state index contributed by atoms with van der Waals surface area (Å²) in [6.07, 6.45) is -1.03. The third-order valence-corrected chi connectivity index (χ3v) is 5.68. The monoisotopic (exact) mass is 371 g/mol. The van der Waals surface area contributed by atoms with Crippen molar-refractivity contribution in [1.29, 1.82) is 5.26 Å². The molecule has 1 aliphatic heterocycles. The highest BCUT2D eigenvalue weighted by molar-refractivity contribution is 7.16. The van der Waals surface area contributed by atoms with Gasteiger partial charge in [0.05, 0.1) is 11.5 Å². The number of hydrogen-bond donors (Lipinski definition) is 1. The van der Waals surface area contributed by atoms with Crippen LogP contribution >= 0.6 is 11.3 Å². The molecule has 5 nitrogen and oxygen atoms in total. The first-order chi connectivity index (χ1) is 11.8. The minimum Gasteiger partial charge on any atom is -0.333 e. The zero-order valence-electron chi connectivity index (χ0n) is 13.3. The average Bonchev–Trinajstić information content (AvgIpc) is 3.06.